The number of pyridine rings is 1. The van der Waals surface area contributed by atoms with Crippen LogP contribution in [0.5, 0.6) is 0 Å². The molecule has 0 spiro atoms. The fraction of sp³-hybridized carbons (Fsp3) is 0.214. The minimum Gasteiger partial charge on any atom is -0.481 e. The Kier molecular flexibility index (Phi) is 7.03. The van der Waals surface area contributed by atoms with Gasteiger partial charge in [-0.25, -0.2) is 9.37 Å². The summed E-state index contributed by atoms with van der Waals surface area (Å²) < 4.78 is 15.5. The molecule has 3 heterocycles. The summed E-state index contributed by atoms with van der Waals surface area (Å²) in [7, 11) is 0. The Hall–Kier alpha value is -4.73. The predicted molar refractivity (Wildman–Crippen MR) is 141 cm³/mol. The van der Waals surface area contributed by atoms with Crippen molar-refractivity contribution >= 4 is 40.5 Å². The number of aromatic nitrogens is 2. The van der Waals surface area contributed by atoms with Crippen molar-refractivity contribution in [3.63, 3.8) is 0 Å². The van der Waals surface area contributed by atoms with Gasteiger partial charge in [0.25, 0.3) is 11.8 Å². The number of nitrogens with zero attached hydrogens (tertiary/aromatic N) is 3. The Morgan fingerprint density at radius 1 is 0.921 bits per heavy atom. The predicted octanol–water partition coefficient (Wildman–Crippen LogP) is 4.60. The van der Waals surface area contributed by atoms with Gasteiger partial charge in [-0.2, -0.15) is 0 Å². The quantitative estimate of drug-likeness (QED) is 0.331. The lowest BCUT2D eigenvalue weighted by molar-refractivity contribution is -0.136. The van der Waals surface area contributed by atoms with Crippen LogP contribution in [0.2, 0.25) is 0 Å². The third-order valence-corrected chi connectivity index (χ3v) is 6.46. The van der Waals surface area contributed by atoms with E-state index in [1.807, 2.05) is 12.1 Å². The molecule has 1 saturated heterocycles. The summed E-state index contributed by atoms with van der Waals surface area (Å²) >= 11 is 0. The van der Waals surface area contributed by atoms with Crippen LogP contribution >= 0.6 is 0 Å². The largest absolute Gasteiger partial charge is 0.481 e. The van der Waals surface area contributed by atoms with E-state index in [-0.39, 0.29) is 22.5 Å². The van der Waals surface area contributed by atoms with Gasteiger partial charge in [-0.15, -0.1) is 0 Å². The summed E-state index contributed by atoms with van der Waals surface area (Å²) in [5, 5.41) is 14.8. The Morgan fingerprint density at radius 2 is 1.71 bits per heavy atom. The van der Waals surface area contributed by atoms with E-state index in [2.05, 4.69) is 20.5 Å². The van der Waals surface area contributed by atoms with Crippen LogP contribution in [0.3, 0.4) is 0 Å². The number of fused-ring (bicyclic) bond motifs is 1. The topological polar surface area (TPSA) is 116 Å². The molecule has 1 aliphatic rings. The number of halogens is 1. The number of rotatable bonds is 7. The van der Waals surface area contributed by atoms with Crippen LogP contribution in [0.25, 0.3) is 5.65 Å². The van der Waals surface area contributed by atoms with E-state index in [4.69, 9.17) is 5.11 Å². The molecule has 0 unspecified atom stereocenters. The third-order valence-electron chi connectivity index (χ3n) is 6.46. The highest BCUT2D eigenvalue weighted by Gasteiger charge is 2.20. The third kappa shape index (κ3) is 5.49. The van der Waals surface area contributed by atoms with Gasteiger partial charge < -0.3 is 25.0 Å². The summed E-state index contributed by atoms with van der Waals surface area (Å²) in [6, 6.07) is 14.1. The van der Waals surface area contributed by atoms with Gasteiger partial charge in [-0.05, 0) is 73.4 Å². The number of anilines is 3. The molecule has 2 aromatic heterocycles. The van der Waals surface area contributed by atoms with E-state index in [9.17, 15) is 18.8 Å². The van der Waals surface area contributed by atoms with E-state index in [0.717, 1.165) is 50.2 Å². The van der Waals surface area contributed by atoms with Crippen LogP contribution in [0.15, 0.2) is 67.0 Å². The molecular weight excluding hydrogens is 489 g/mol. The van der Waals surface area contributed by atoms with Gasteiger partial charge in [0.2, 0.25) is 0 Å². The number of imidazole rings is 1. The monoisotopic (exact) mass is 515 g/mol. The van der Waals surface area contributed by atoms with Crippen molar-refractivity contribution in [1.29, 1.82) is 0 Å². The molecule has 10 heteroatoms. The number of aliphatic carboxylic acids is 1. The van der Waals surface area contributed by atoms with E-state index in [1.54, 1.807) is 41.1 Å². The van der Waals surface area contributed by atoms with Crippen molar-refractivity contribution in [2.75, 3.05) is 28.6 Å². The van der Waals surface area contributed by atoms with E-state index >= 15 is 0 Å². The molecule has 1 fully saturated rings. The average Bonchev–Trinajstić information content (AvgIpc) is 3.35. The molecule has 38 heavy (non-hydrogen) atoms. The van der Waals surface area contributed by atoms with E-state index in [1.165, 1.54) is 6.07 Å². The first-order chi connectivity index (χ1) is 18.4. The van der Waals surface area contributed by atoms with Crippen molar-refractivity contribution in [2.24, 2.45) is 0 Å². The number of carbonyl (C=O) groups excluding carboxylic acids is 2. The highest BCUT2D eigenvalue weighted by Crippen LogP contribution is 2.31. The highest BCUT2D eigenvalue weighted by molar-refractivity contribution is 6.09. The maximum absolute atomic E-state index is 13.7. The van der Waals surface area contributed by atoms with Crippen LogP contribution in [0.4, 0.5) is 21.5 Å². The fourth-order valence-electron chi connectivity index (χ4n) is 4.61. The number of carboxylic acids is 1. The van der Waals surface area contributed by atoms with Gasteiger partial charge in [0.05, 0.1) is 17.8 Å². The Labute approximate surface area is 217 Å². The normalized spacial score (nSPS) is 13.3. The zero-order valence-corrected chi connectivity index (χ0v) is 20.5. The lowest BCUT2D eigenvalue weighted by Crippen LogP contribution is -2.30. The summed E-state index contributed by atoms with van der Waals surface area (Å²) in [6.45, 7) is 1.66. The summed E-state index contributed by atoms with van der Waals surface area (Å²) in [5.74, 6) is -2.67. The minimum absolute atomic E-state index is 0.149. The number of amides is 2. The molecule has 0 bridgehead atoms. The van der Waals surface area contributed by atoms with Crippen molar-refractivity contribution in [3.8, 4) is 0 Å². The number of nitrogens with one attached hydrogen (secondary N) is 2. The maximum atomic E-state index is 13.7. The molecule has 0 atom stereocenters. The highest BCUT2D eigenvalue weighted by atomic mass is 19.1. The lowest BCUT2D eigenvalue weighted by atomic mass is 10.1. The van der Waals surface area contributed by atoms with Crippen molar-refractivity contribution in [2.45, 2.75) is 25.7 Å². The number of hydrogen-bond donors (Lipinski definition) is 3. The number of benzene rings is 2. The van der Waals surface area contributed by atoms with Crippen LogP contribution in [-0.4, -0.2) is 45.4 Å². The number of carbonyl (C=O) groups is 3. The molecular formula is C28H26FN5O4. The smallest absolute Gasteiger partial charge is 0.307 e. The lowest BCUT2D eigenvalue weighted by Gasteiger charge is -2.30. The molecule has 0 radical (unpaired) electrons. The molecule has 194 valence electrons. The molecule has 0 saturated carbocycles. The molecule has 2 amide bonds. The maximum Gasteiger partial charge on any atom is 0.307 e. The standard InChI is InChI=1S/C28H26FN5O4/c29-20-8-9-21(19(14-20)16-26(35)36)31-27(37)18-7-10-24(33-11-3-1-4-12-33)22(15-18)32-28(38)23-17-34-13-5-2-6-25(34)30-23/h2,5-10,13-15,17H,1,3-4,11-12,16H2,(H,31,37)(H,32,38)(H,35,36). The summed E-state index contributed by atoms with van der Waals surface area (Å²) in [5.41, 5.74) is 2.74. The number of piperidine rings is 1. The van der Waals surface area contributed by atoms with Gasteiger partial charge >= 0.3 is 5.97 Å². The summed E-state index contributed by atoms with van der Waals surface area (Å²) in [6.07, 6.45) is 6.19. The summed E-state index contributed by atoms with van der Waals surface area (Å²) in [4.78, 5) is 44.1. The van der Waals surface area contributed by atoms with Crippen LogP contribution < -0.4 is 15.5 Å². The minimum atomic E-state index is -1.14. The van der Waals surface area contributed by atoms with E-state index in [0.29, 0.717) is 11.3 Å². The second-order valence-corrected chi connectivity index (χ2v) is 9.15. The Balaban J connectivity index is 1.44. The molecule has 5 rings (SSSR count). The first-order valence-corrected chi connectivity index (χ1v) is 12.3. The number of hydrogen-bond acceptors (Lipinski definition) is 5. The van der Waals surface area contributed by atoms with Gasteiger partial charge in [0, 0.05) is 36.7 Å². The van der Waals surface area contributed by atoms with Crippen LogP contribution in [0.1, 0.15) is 45.7 Å². The molecule has 4 aromatic rings. The van der Waals surface area contributed by atoms with Crippen molar-refractivity contribution < 1.29 is 23.9 Å². The van der Waals surface area contributed by atoms with Crippen LogP contribution in [0, 0.1) is 5.82 Å². The molecule has 0 aliphatic carbocycles. The van der Waals surface area contributed by atoms with Gasteiger partial charge in [0.15, 0.2) is 0 Å². The number of carboxylic acid groups (broad SMARTS) is 1. The van der Waals surface area contributed by atoms with Gasteiger partial charge in [0.1, 0.15) is 17.2 Å². The average molecular weight is 516 g/mol. The first-order valence-electron chi connectivity index (χ1n) is 12.3. The van der Waals surface area contributed by atoms with Gasteiger partial charge in [-0.3, -0.25) is 14.4 Å². The zero-order valence-electron chi connectivity index (χ0n) is 20.5. The molecule has 9 nitrogen and oxygen atoms in total. The second-order valence-electron chi connectivity index (χ2n) is 9.15. The molecule has 1 aliphatic heterocycles. The van der Waals surface area contributed by atoms with E-state index < -0.39 is 30.0 Å². The van der Waals surface area contributed by atoms with Crippen molar-refractivity contribution in [3.05, 3.63) is 89.6 Å². The second kappa shape index (κ2) is 10.7. The van der Waals surface area contributed by atoms with Crippen LogP contribution in [-0.2, 0) is 11.2 Å². The first kappa shape index (κ1) is 24.9. The SMILES string of the molecule is O=C(O)Cc1cc(F)ccc1NC(=O)c1ccc(N2CCCCC2)c(NC(=O)c2cn3ccccc3n2)c1. The molecule has 3 N–H and O–H groups in total. The fourth-order valence-corrected chi connectivity index (χ4v) is 4.61. The van der Waals surface area contributed by atoms with Gasteiger partial charge in [-0.1, -0.05) is 6.07 Å². The zero-order chi connectivity index (χ0) is 26.6. The Bertz CT molecular complexity index is 1490. The van der Waals surface area contributed by atoms with Crippen molar-refractivity contribution in [1.82, 2.24) is 9.38 Å². The Morgan fingerprint density at radius 3 is 2.47 bits per heavy atom. The molecule has 2 aromatic carbocycles.